The number of hydrogen-bond acceptors (Lipinski definition) is 1. The molecule has 170 valence electrons. The van der Waals surface area contributed by atoms with Gasteiger partial charge in [0.15, 0.2) is 0 Å². The highest BCUT2D eigenvalue weighted by Gasteiger charge is 2.18. The van der Waals surface area contributed by atoms with Crippen LogP contribution in [0.15, 0.2) is 128 Å². The second-order valence-electron chi connectivity index (χ2n) is 9.29. The van der Waals surface area contributed by atoms with E-state index >= 15 is 0 Å². The van der Waals surface area contributed by atoms with Crippen LogP contribution in [0.4, 0.5) is 0 Å². The molecule has 7 aromatic rings. The van der Waals surface area contributed by atoms with E-state index in [4.69, 9.17) is 4.98 Å². The molecule has 2 heterocycles. The van der Waals surface area contributed by atoms with Crippen LogP contribution in [0.5, 0.6) is 0 Å². The van der Waals surface area contributed by atoms with Gasteiger partial charge in [0.25, 0.3) is 0 Å². The lowest BCUT2D eigenvalue weighted by Gasteiger charge is -2.16. The fourth-order valence-corrected chi connectivity index (χ4v) is 7.80. The van der Waals surface area contributed by atoms with Gasteiger partial charge in [-0.15, -0.1) is 7.53 Å². The van der Waals surface area contributed by atoms with Crippen molar-refractivity contribution in [3.05, 3.63) is 128 Å². The predicted octanol–water partition coefficient (Wildman–Crippen LogP) is 10.1. The van der Waals surface area contributed by atoms with E-state index in [0.29, 0.717) is 0 Å². The van der Waals surface area contributed by atoms with Crippen LogP contribution in [0.1, 0.15) is 0 Å². The molecule has 0 spiro atoms. The summed E-state index contributed by atoms with van der Waals surface area (Å²) in [7, 11) is -0.417. The Hall–Kier alpha value is -4.19. The zero-order chi connectivity index (χ0) is 24.1. The van der Waals surface area contributed by atoms with Crippen molar-refractivity contribution in [1.82, 2.24) is 4.98 Å². The van der Waals surface area contributed by atoms with Crippen molar-refractivity contribution in [3.63, 3.8) is 0 Å². The Morgan fingerprint density at radius 3 is 2.11 bits per heavy atom. The quantitative estimate of drug-likeness (QED) is 0.247. The molecule has 0 radical (unpaired) electrons. The maximum Gasteiger partial charge on any atom is 0.0702 e. The van der Waals surface area contributed by atoms with Crippen LogP contribution in [0.2, 0.25) is 0 Å². The first kappa shape index (κ1) is 21.1. The Labute approximate surface area is 211 Å². The van der Waals surface area contributed by atoms with E-state index in [1.54, 1.807) is 0 Å². The number of benzene rings is 5. The third-order valence-corrected chi connectivity index (χ3v) is 9.53. The van der Waals surface area contributed by atoms with Crippen LogP contribution >= 0.6 is 7.53 Å². The molecule has 0 amide bonds. The average molecular weight is 478 g/mol. The van der Waals surface area contributed by atoms with Crippen LogP contribution in [0.25, 0.3) is 65.3 Å². The van der Waals surface area contributed by atoms with E-state index in [1.807, 2.05) is 12.3 Å². The summed E-state index contributed by atoms with van der Waals surface area (Å²) < 4.78 is 0. The van der Waals surface area contributed by atoms with Gasteiger partial charge in [-0.3, -0.25) is 4.98 Å². The molecule has 1 unspecified atom stereocenters. The number of aromatic nitrogens is 1. The van der Waals surface area contributed by atoms with Gasteiger partial charge in [-0.2, -0.15) is 0 Å². The van der Waals surface area contributed by atoms with Crippen LogP contribution < -0.4 is 0 Å². The summed E-state index contributed by atoms with van der Waals surface area (Å²) in [5, 5.41) is 8.24. The van der Waals surface area contributed by atoms with Crippen LogP contribution in [0.3, 0.4) is 0 Å². The van der Waals surface area contributed by atoms with Crippen LogP contribution in [0, 0.1) is 0 Å². The van der Waals surface area contributed by atoms with Crippen molar-refractivity contribution in [3.8, 4) is 33.5 Å². The van der Waals surface area contributed by atoms with E-state index in [2.05, 4.69) is 122 Å². The summed E-state index contributed by atoms with van der Waals surface area (Å²) in [5.41, 5.74) is 7.15. The normalized spacial score (nSPS) is 12.0. The molecule has 1 nitrogen and oxygen atoms in total. The standard InChI is InChI=1S/C34H24NP/c1-36-32-17-8-7-14-27(32)29-15-9-16-30(34(29)36)28-20-18-23-10-5-6-13-26(23)33(28)25-19-21-31(35-22-25)24-11-3-2-4-12-24/h2-22H,1H3. The number of pyridine rings is 1. The Kier molecular flexibility index (Phi) is 4.98. The molecular formula is C34H24NP. The third kappa shape index (κ3) is 3.28. The lowest BCUT2D eigenvalue weighted by molar-refractivity contribution is 1.33. The van der Waals surface area contributed by atoms with Gasteiger partial charge in [0.05, 0.1) is 5.69 Å². The highest BCUT2D eigenvalue weighted by atomic mass is 31.1. The molecular weight excluding hydrogens is 453 g/mol. The Bertz CT molecular complexity index is 1880. The van der Waals surface area contributed by atoms with Crippen molar-refractivity contribution in [2.45, 2.75) is 0 Å². The predicted molar refractivity (Wildman–Crippen MR) is 157 cm³/mol. The minimum Gasteiger partial charge on any atom is -0.256 e. The molecule has 1 atom stereocenters. The van der Waals surface area contributed by atoms with Gasteiger partial charge in [0, 0.05) is 27.6 Å². The van der Waals surface area contributed by atoms with Crippen molar-refractivity contribution in [1.29, 1.82) is 0 Å². The zero-order valence-electron chi connectivity index (χ0n) is 20.0. The summed E-state index contributed by atoms with van der Waals surface area (Å²) in [4.78, 5) is 4.89. The lowest BCUT2D eigenvalue weighted by atomic mass is 9.89. The van der Waals surface area contributed by atoms with Crippen molar-refractivity contribution in [2.75, 3.05) is 0 Å². The summed E-state index contributed by atoms with van der Waals surface area (Å²) in [6.07, 6.45) is 2.04. The summed E-state index contributed by atoms with van der Waals surface area (Å²) in [6.45, 7) is 2.40. The van der Waals surface area contributed by atoms with E-state index < -0.39 is 7.53 Å². The van der Waals surface area contributed by atoms with Crippen LogP contribution in [-0.2, 0) is 6.66 Å². The number of rotatable bonds is 3. The van der Waals surface area contributed by atoms with E-state index in [1.165, 1.54) is 48.5 Å². The molecule has 0 aliphatic heterocycles. The highest BCUT2D eigenvalue weighted by Crippen LogP contribution is 2.52. The topological polar surface area (TPSA) is 12.9 Å². The molecule has 0 saturated carbocycles. The molecule has 0 fully saturated rings. The Morgan fingerprint density at radius 1 is 0.528 bits per heavy atom. The molecule has 2 heteroatoms. The summed E-state index contributed by atoms with van der Waals surface area (Å²) in [5.74, 6) is 0. The number of hydrogen-bond donors (Lipinski definition) is 0. The van der Waals surface area contributed by atoms with Crippen molar-refractivity contribution >= 4 is 39.3 Å². The largest absolute Gasteiger partial charge is 0.256 e. The molecule has 7 rings (SSSR count). The molecule has 0 saturated heterocycles. The number of fused-ring (bicyclic) bond motifs is 4. The first-order valence-corrected chi connectivity index (χ1v) is 14.1. The minimum atomic E-state index is -0.417. The van der Waals surface area contributed by atoms with E-state index in [0.717, 1.165) is 16.8 Å². The first-order chi connectivity index (χ1) is 17.8. The van der Waals surface area contributed by atoms with Gasteiger partial charge in [0.1, 0.15) is 0 Å². The Morgan fingerprint density at radius 2 is 1.28 bits per heavy atom. The SMILES string of the molecule is Cp1c2ccccc2c2cccc(-c3ccc4ccccc4c3-c3ccc(-c4ccccc4)nc3)c21. The second-order valence-corrected chi connectivity index (χ2v) is 11.3. The lowest BCUT2D eigenvalue weighted by Crippen LogP contribution is -1.90. The van der Waals surface area contributed by atoms with Gasteiger partial charge in [-0.25, -0.2) is 0 Å². The maximum absolute atomic E-state index is 4.89. The van der Waals surface area contributed by atoms with Gasteiger partial charge in [-0.1, -0.05) is 115 Å². The molecule has 5 aromatic carbocycles. The fraction of sp³-hybridized carbons (Fsp3) is 0.0294. The second kappa shape index (κ2) is 8.48. The number of nitrogens with zero attached hydrogens (tertiary/aromatic N) is 1. The molecule has 0 aliphatic carbocycles. The summed E-state index contributed by atoms with van der Waals surface area (Å²) >= 11 is 0. The van der Waals surface area contributed by atoms with Crippen LogP contribution in [-0.4, -0.2) is 4.98 Å². The minimum absolute atomic E-state index is 0.417. The first-order valence-electron chi connectivity index (χ1n) is 12.3. The average Bonchev–Trinajstić information content (AvgIpc) is 3.25. The smallest absolute Gasteiger partial charge is 0.0702 e. The zero-order valence-corrected chi connectivity index (χ0v) is 20.9. The maximum atomic E-state index is 4.89. The number of aryl methyl sites for hydroxylation is 1. The van der Waals surface area contributed by atoms with Crippen molar-refractivity contribution in [2.24, 2.45) is 6.66 Å². The fourth-order valence-electron chi connectivity index (χ4n) is 5.58. The van der Waals surface area contributed by atoms with E-state index in [9.17, 15) is 0 Å². The van der Waals surface area contributed by atoms with Crippen molar-refractivity contribution < 1.29 is 0 Å². The van der Waals surface area contributed by atoms with Gasteiger partial charge < -0.3 is 0 Å². The molecule has 0 aliphatic rings. The molecule has 0 bridgehead atoms. The third-order valence-electron chi connectivity index (χ3n) is 7.27. The highest BCUT2D eigenvalue weighted by molar-refractivity contribution is 7.60. The van der Waals surface area contributed by atoms with E-state index in [-0.39, 0.29) is 0 Å². The molecule has 0 N–H and O–H groups in total. The molecule has 2 aromatic heterocycles. The molecule has 36 heavy (non-hydrogen) atoms. The van der Waals surface area contributed by atoms with Gasteiger partial charge in [0.2, 0.25) is 0 Å². The van der Waals surface area contributed by atoms with Gasteiger partial charge in [-0.05, 0) is 51.0 Å². The van der Waals surface area contributed by atoms with Gasteiger partial charge >= 0.3 is 0 Å². The monoisotopic (exact) mass is 477 g/mol. The Balaban J connectivity index is 1.51. The summed E-state index contributed by atoms with van der Waals surface area (Å²) in [6, 6.07) is 43.8.